The average Bonchev–Trinajstić information content (AvgIpc) is 2.62. The Morgan fingerprint density at radius 3 is 1.72 bits per heavy atom. The van der Waals surface area contributed by atoms with Crippen molar-refractivity contribution >= 4 is 7.48 Å². The van der Waals surface area contributed by atoms with E-state index in [4.69, 9.17) is 0 Å². The molecule has 2 atom stereocenters. The predicted octanol–water partition coefficient (Wildman–Crippen LogP) is 6.38. The van der Waals surface area contributed by atoms with E-state index in [1.807, 2.05) is 0 Å². The van der Waals surface area contributed by atoms with Crippen LogP contribution in [0.5, 0.6) is 0 Å². The highest BCUT2D eigenvalue weighted by molar-refractivity contribution is 6.30. The highest BCUT2D eigenvalue weighted by Gasteiger charge is 2.25. The predicted molar refractivity (Wildman–Crippen MR) is 116 cm³/mol. The van der Waals surface area contributed by atoms with Crippen molar-refractivity contribution in [2.45, 2.75) is 135 Å². The third-order valence-corrected chi connectivity index (χ3v) is 6.16. The number of nitrogens with one attached hydrogen (secondary N) is 1. The third-order valence-electron chi connectivity index (χ3n) is 6.16. The van der Waals surface area contributed by atoms with E-state index in [-0.39, 0.29) is 5.31 Å². The average molecular weight is 353 g/mol. The molecule has 0 heterocycles. The molecule has 0 radical (unpaired) electrons. The van der Waals surface area contributed by atoms with E-state index in [0.29, 0.717) is 13.0 Å². The van der Waals surface area contributed by atoms with Gasteiger partial charge in [0.15, 0.2) is 0 Å². The molecule has 3 heteroatoms. The normalized spacial score (nSPS) is 16.4. The minimum atomic E-state index is 0.110. The first-order chi connectivity index (χ1) is 11.9. The molecule has 0 aromatic carbocycles. The molecule has 0 saturated heterocycles. The summed E-state index contributed by atoms with van der Waals surface area (Å²) in [6.07, 6.45) is 18.3. The van der Waals surface area contributed by atoms with Crippen molar-refractivity contribution in [1.82, 2.24) is 5.32 Å². The molecule has 0 aliphatic rings. The fourth-order valence-electron chi connectivity index (χ4n) is 3.64. The van der Waals surface area contributed by atoms with Gasteiger partial charge in [0.2, 0.25) is 0 Å². The molecular formula is C22H48BNO. The minimum absolute atomic E-state index is 0.110. The zero-order valence-electron chi connectivity index (χ0n) is 18.3. The Balaban J connectivity index is 4.26. The second-order valence-corrected chi connectivity index (χ2v) is 8.89. The van der Waals surface area contributed by atoms with Crippen LogP contribution < -0.4 is 5.32 Å². The summed E-state index contributed by atoms with van der Waals surface area (Å²) in [5.74, 6) is 0. The molecule has 0 bridgehead atoms. The first-order valence-electron chi connectivity index (χ1n) is 11.3. The van der Waals surface area contributed by atoms with Gasteiger partial charge in [-0.05, 0) is 38.0 Å². The van der Waals surface area contributed by atoms with Crippen molar-refractivity contribution in [1.29, 1.82) is 0 Å². The summed E-state index contributed by atoms with van der Waals surface area (Å²) in [5, 5.41) is 13.6. The van der Waals surface area contributed by atoms with Gasteiger partial charge < -0.3 is 10.3 Å². The van der Waals surface area contributed by atoms with Gasteiger partial charge in [-0.3, -0.25) is 0 Å². The first-order valence-corrected chi connectivity index (χ1v) is 11.3. The van der Waals surface area contributed by atoms with Crippen LogP contribution in [-0.2, 0) is 0 Å². The van der Waals surface area contributed by atoms with Gasteiger partial charge in [0.05, 0.1) is 0 Å². The Labute approximate surface area is 160 Å². The molecule has 0 rings (SSSR count). The van der Waals surface area contributed by atoms with Gasteiger partial charge in [-0.1, -0.05) is 98.3 Å². The smallest absolute Gasteiger partial charge is 0.276 e. The summed E-state index contributed by atoms with van der Waals surface area (Å²) >= 11 is 0. The lowest BCUT2D eigenvalue weighted by Crippen LogP contribution is -2.43. The number of hydrogen-bond acceptors (Lipinski definition) is 2. The second-order valence-electron chi connectivity index (χ2n) is 8.89. The molecule has 0 fully saturated rings. The monoisotopic (exact) mass is 353 g/mol. The molecule has 0 aliphatic heterocycles. The summed E-state index contributed by atoms with van der Waals surface area (Å²) in [7, 11) is 0.315. The number of rotatable bonds is 18. The van der Waals surface area contributed by atoms with Gasteiger partial charge in [0.1, 0.15) is 0 Å². The van der Waals surface area contributed by atoms with Gasteiger partial charge in [0.25, 0.3) is 7.48 Å². The van der Waals surface area contributed by atoms with E-state index in [0.717, 1.165) is 19.4 Å². The van der Waals surface area contributed by atoms with Crippen LogP contribution in [0.4, 0.5) is 0 Å². The Morgan fingerprint density at radius 1 is 0.720 bits per heavy atom. The molecule has 25 heavy (non-hydrogen) atoms. The van der Waals surface area contributed by atoms with Crippen LogP contribution in [0.25, 0.3) is 0 Å². The molecule has 0 amide bonds. The van der Waals surface area contributed by atoms with Crippen LogP contribution in [0, 0.1) is 0 Å². The third kappa shape index (κ3) is 12.9. The Morgan fingerprint density at radius 2 is 1.24 bits per heavy atom. The summed E-state index contributed by atoms with van der Waals surface area (Å²) in [5.41, 5.74) is 0.307. The summed E-state index contributed by atoms with van der Waals surface area (Å²) < 4.78 is 0. The standard InChI is InChI=1S/C22H48BNO/c1-6-9-11-13-15-19-22(5,18-14-12-10-7-2)24-20-16-17-21(4,8-3)23-25/h23-25H,6-20H2,1-5H3. The van der Waals surface area contributed by atoms with Crippen LogP contribution >= 0.6 is 0 Å². The molecule has 0 spiro atoms. The maximum Gasteiger partial charge on any atom is 0.276 e. The van der Waals surface area contributed by atoms with Crippen LogP contribution in [0.2, 0.25) is 5.31 Å². The summed E-state index contributed by atoms with van der Waals surface area (Å²) in [4.78, 5) is 0. The lowest BCUT2D eigenvalue weighted by atomic mass is 9.61. The van der Waals surface area contributed by atoms with Gasteiger partial charge in [-0.15, -0.1) is 0 Å². The highest BCUT2D eigenvalue weighted by atomic mass is 16.2. The Kier molecular flexibility index (Phi) is 15.1. The second kappa shape index (κ2) is 15.1. The molecule has 150 valence electrons. The number of unbranched alkanes of at least 4 members (excludes halogenated alkanes) is 7. The summed E-state index contributed by atoms with van der Waals surface area (Å²) in [6.45, 7) is 12.5. The van der Waals surface area contributed by atoms with Gasteiger partial charge >= 0.3 is 0 Å². The molecule has 2 N–H and O–H groups in total. The topological polar surface area (TPSA) is 32.3 Å². The lowest BCUT2D eigenvalue weighted by molar-refractivity contribution is 0.282. The van der Waals surface area contributed by atoms with Crippen molar-refractivity contribution in [3.05, 3.63) is 0 Å². The van der Waals surface area contributed by atoms with Gasteiger partial charge in [0, 0.05) is 5.54 Å². The van der Waals surface area contributed by atoms with Crippen molar-refractivity contribution in [3.63, 3.8) is 0 Å². The molecule has 2 unspecified atom stereocenters. The van der Waals surface area contributed by atoms with Gasteiger partial charge in [-0.25, -0.2) is 0 Å². The van der Waals surface area contributed by atoms with E-state index in [1.54, 1.807) is 0 Å². The van der Waals surface area contributed by atoms with Crippen molar-refractivity contribution in [2.24, 2.45) is 0 Å². The summed E-state index contributed by atoms with van der Waals surface area (Å²) in [6, 6.07) is 0. The van der Waals surface area contributed by atoms with Crippen molar-refractivity contribution < 1.29 is 5.02 Å². The van der Waals surface area contributed by atoms with Crippen LogP contribution in [0.3, 0.4) is 0 Å². The van der Waals surface area contributed by atoms with E-state index >= 15 is 0 Å². The molecule has 0 saturated carbocycles. The van der Waals surface area contributed by atoms with Crippen LogP contribution in [0.15, 0.2) is 0 Å². The maximum atomic E-state index is 9.58. The van der Waals surface area contributed by atoms with Crippen molar-refractivity contribution in [2.75, 3.05) is 6.54 Å². The minimum Gasteiger partial charge on any atom is -0.453 e. The largest absolute Gasteiger partial charge is 0.453 e. The van der Waals surface area contributed by atoms with Crippen molar-refractivity contribution in [3.8, 4) is 0 Å². The van der Waals surface area contributed by atoms with E-state index in [2.05, 4.69) is 39.9 Å². The molecule has 0 aromatic rings. The highest BCUT2D eigenvalue weighted by Crippen LogP contribution is 2.33. The van der Waals surface area contributed by atoms with Crippen LogP contribution in [-0.4, -0.2) is 24.6 Å². The fourth-order valence-corrected chi connectivity index (χ4v) is 3.64. The zero-order chi connectivity index (χ0) is 19.0. The Hall–Kier alpha value is -0.0151. The Bertz CT molecular complexity index is 294. The molecule has 2 nitrogen and oxygen atoms in total. The van der Waals surface area contributed by atoms with Gasteiger partial charge in [-0.2, -0.15) is 0 Å². The van der Waals surface area contributed by atoms with E-state index in [1.165, 1.54) is 77.0 Å². The zero-order valence-corrected chi connectivity index (χ0v) is 18.3. The quantitative estimate of drug-likeness (QED) is 0.221. The van der Waals surface area contributed by atoms with E-state index in [9.17, 15) is 5.02 Å². The van der Waals surface area contributed by atoms with Crippen LogP contribution in [0.1, 0.15) is 125 Å². The molecule has 0 aliphatic carbocycles. The van der Waals surface area contributed by atoms with E-state index < -0.39 is 0 Å². The maximum absolute atomic E-state index is 9.58. The molecular weight excluding hydrogens is 305 g/mol. The fraction of sp³-hybridized carbons (Fsp3) is 1.00. The SMILES string of the molecule is CCCCCCCC(C)(CCCCCC)NCCCC(C)(BO)CC. The number of hydrogen-bond donors (Lipinski definition) is 2. The molecule has 0 aromatic heterocycles. The first kappa shape index (κ1) is 25.0. The lowest BCUT2D eigenvalue weighted by Gasteiger charge is -2.32.